The molecular weight excluding hydrogens is 268 g/mol. The molecule has 0 aliphatic heterocycles. The van der Waals surface area contributed by atoms with Gasteiger partial charge in [-0.15, -0.1) is 0 Å². The van der Waals surface area contributed by atoms with Crippen LogP contribution in [0.4, 0.5) is 0 Å². The zero-order chi connectivity index (χ0) is 14.3. The van der Waals surface area contributed by atoms with Crippen molar-refractivity contribution in [2.45, 2.75) is 24.2 Å². The van der Waals surface area contributed by atoms with Crippen LogP contribution in [0.15, 0.2) is 23.2 Å². The Hall–Kier alpha value is -1.98. The highest BCUT2D eigenvalue weighted by atomic mass is 32.2. The number of hydrogen-bond acceptors (Lipinski definition) is 5. The van der Waals surface area contributed by atoms with Gasteiger partial charge in [0.05, 0.1) is 0 Å². The number of amides is 1. The maximum absolute atomic E-state index is 11.8. The van der Waals surface area contributed by atoms with Gasteiger partial charge in [-0.05, 0) is 25.0 Å². The number of nitriles is 1. The average Bonchev–Trinajstić information content (AvgIpc) is 2.38. The smallest absolute Gasteiger partial charge is 0.242 e. The number of nitrogens with two attached hydrogens (primary N) is 1. The predicted molar refractivity (Wildman–Crippen MR) is 67.2 cm³/mol. The van der Waals surface area contributed by atoms with Crippen LogP contribution < -0.4 is 10.5 Å². The normalized spacial score (nSPS) is 10.9. The molecule has 0 aromatic carbocycles. The molecule has 3 N–H and O–H groups in total. The Morgan fingerprint density at radius 3 is 2.68 bits per heavy atom. The van der Waals surface area contributed by atoms with E-state index in [-0.39, 0.29) is 23.6 Å². The zero-order valence-electron chi connectivity index (χ0n) is 10.2. The van der Waals surface area contributed by atoms with Crippen LogP contribution in [0.1, 0.15) is 25.0 Å². The van der Waals surface area contributed by atoms with Crippen LogP contribution in [0, 0.1) is 11.3 Å². The molecule has 8 heteroatoms. The first-order valence-electron chi connectivity index (χ1n) is 5.60. The lowest BCUT2D eigenvalue weighted by Crippen LogP contribution is -2.25. The zero-order valence-corrected chi connectivity index (χ0v) is 11.0. The van der Waals surface area contributed by atoms with Gasteiger partial charge in [-0.1, -0.05) is 0 Å². The molecule has 0 spiro atoms. The second-order valence-corrected chi connectivity index (χ2v) is 5.58. The van der Waals surface area contributed by atoms with Crippen LogP contribution in [0.3, 0.4) is 0 Å². The van der Waals surface area contributed by atoms with Gasteiger partial charge in [-0.25, -0.2) is 18.1 Å². The minimum Gasteiger partial charge on any atom is -0.370 e. The third-order valence-corrected chi connectivity index (χ3v) is 3.75. The Morgan fingerprint density at radius 1 is 1.42 bits per heavy atom. The number of carbonyl (C=O) groups excluding carboxylic acids is 1. The summed E-state index contributed by atoms with van der Waals surface area (Å²) < 4.78 is 26.0. The minimum atomic E-state index is -3.62. The molecule has 0 saturated heterocycles. The molecule has 0 aliphatic rings. The summed E-state index contributed by atoms with van der Waals surface area (Å²) in [5, 5.41) is 8.56. The van der Waals surface area contributed by atoms with E-state index in [1.165, 1.54) is 12.1 Å². The number of unbranched alkanes of at least 4 members (excludes halogenated alkanes) is 1. The standard InChI is InChI=1S/C11H14N4O3S/c12-7-9-4-5-10(8-14-9)19(17,18)15-6-2-1-3-11(13)16/h4-5,8,15H,1-3,6H2,(H2,13,16). The van der Waals surface area contributed by atoms with Crippen molar-refractivity contribution >= 4 is 15.9 Å². The van der Waals surface area contributed by atoms with Crippen molar-refractivity contribution in [1.29, 1.82) is 5.26 Å². The third kappa shape index (κ3) is 5.03. The molecule has 1 aromatic heterocycles. The van der Waals surface area contributed by atoms with Crippen molar-refractivity contribution in [2.24, 2.45) is 5.73 Å². The van der Waals surface area contributed by atoms with Crippen LogP contribution in [0.2, 0.25) is 0 Å². The van der Waals surface area contributed by atoms with Gasteiger partial charge in [-0.2, -0.15) is 5.26 Å². The van der Waals surface area contributed by atoms with Gasteiger partial charge in [0.1, 0.15) is 16.7 Å². The predicted octanol–water partition coefficient (Wildman–Crippen LogP) is -0.113. The van der Waals surface area contributed by atoms with E-state index >= 15 is 0 Å². The lowest BCUT2D eigenvalue weighted by molar-refractivity contribution is -0.118. The van der Waals surface area contributed by atoms with Gasteiger partial charge < -0.3 is 5.73 Å². The fraction of sp³-hybridized carbons (Fsp3) is 0.364. The van der Waals surface area contributed by atoms with E-state index in [1.54, 1.807) is 6.07 Å². The summed E-state index contributed by atoms with van der Waals surface area (Å²) in [6, 6.07) is 4.46. The van der Waals surface area contributed by atoms with E-state index in [0.29, 0.717) is 12.8 Å². The van der Waals surface area contributed by atoms with E-state index in [0.717, 1.165) is 6.20 Å². The number of nitrogens with zero attached hydrogens (tertiary/aromatic N) is 2. The van der Waals surface area contributed by atoms with Gasteiger partial charge in [-0.3, -0.25) is 4.79 Å². The van der Waals surface area contributed by atoms with Gasteiger partial charge in [0.15, 0.2) is 0 Å². The van der Waals surface area contributed by atoms with E-state index in [4.69, 9.17) is 11.0 Å². The summed E-state index contributed by atoms with van der Waals surface area (Å²) in [7, 11) is -3.62. The maximum Gasteiger partial charge on any atom is 0.242 e. The fourth-order valence-electron chi connectivity index (χ4n) is 1.32. The molecule has 1 amide bonds. The Balaban J connectivity index is 2.51. The number of rotatable bonds is 7. The van der Waals surface area contributed by atoms with E-state index in [9.17, 15) is 13.2 Å². The second-order valence-electron chi connectivity index (χ2n) is 3.81. The lowest BCUT2D eigenvalue weighted by atomic mass is 10.2. The number of pyridine rings is 1. The molecule has 0 unspecified atom stereocenters. The molecule has 0 aliphatic carbocycles. The van der Waals surface area contributed by atoms with Crippen molar-refractivity contribution in [3.05, 3.63) is 24.0 Å². The van der Waals surface area contributed by atoms with Crippen LogP contribution >= 0.6 is 0 Å². The molecule has 1 heterocycles. The van der Waals surface area contributed by atoms with Gasteiger partial charge in [0.25, 0.3) is 0 Å². The molecule has 0 radical (unpaired) electrons. The number of primary amides is 1. The molecule has 1 rings (SSSR count). The maximum atomic E-state index is 11.8. The molecule has 7 nitrogen and oxygen atoms in total. The molecule has 102 valence electrons. The van der Waals surface area contributed by atoms with E-state index in [2.05, 4.69) is 9.71 Å². The monoisotopic (exact) mass is 282 g/mol. The number of sulfonamides is 1. The average molecular weight is 282 g/mol. The highest BCUT2D eigenvalue weighted by molar-refractivity contribution is 7.89. The molecule has 0 saturated carbocycles. The summed E-state index contributed by atoms with van der Waals surface area (Å²) in [5.41, 5.74) is 5.12. The Kier molecular flexibility index (Phi) is 5.41. The lowest BCUT2D eigenvalue weighted by Gasteiger charge is -2.05. The number of aromatic nitrogens is 1. The topological polar surface area (TPSA) is 126 Å². The fourth-order valence-corrected chi connectivity index (χ4v) is 2.34. The Morgan fingerprint density at radius 2 is 2.16 bits per heavy atom. The first-order chi connectivity index (χ1) is 8.95. The molecule has 0 bridgehead atoms. The van der Waals surface area contributed by atoms with Crippen LogP contribution in [-0.4, -0.2) is 25.9 Å². The SMILES string of the molecule is N#Cc1ccc(S(=O)(=O)NCCCCC(N)=O)cn1. The van der Waals surface area contributed by atoms with Crippen molar-refractivity contribution in [1.82, 2.24) is 9.71 Å². The largest absolute Gasteiger partial charge is 0.370 e. The molecule has 0 atom stereocenters. The molecule has 0 fully saturated rings. The number of nitrogens with one attached hydrogen (secondary N) is 1. The van der Waals surface area contributed by atoms with Crippen molar-refractivity contribution in [3.63, 3.8) is 0 Å². The Labute approximate surface area is 111 Å². The molecule has 1 aromatic rings. The minimum absolute atomic E-state index is 0.00130. The summed E-state index contributed by atoms with van der Waals surface area (Å²) in [4.78, 5) is 14.2. The summed E-state index contributed by atoms with van der Waals surface area (Å²) in [6.07, 6.45) is 2.42. The summed E-state index contributed by atoms with van der Waals surface area (Å²) >= 11 is 0. The van der Waals surface area contributed by atoms with Crippen molar-refractivity contribution in [3.8, 4) is 6.07 Å². The van der Waals surface area contributed by atoms with Crippen molar-refractivity contribution < 1.29 is 13.2 Å². The van der Waals surface area contributed by atoms with Gasteiger partial charge in [0.2, 0.25) is 15.9 Å². The highest BCUT2D eigenvalue weighted by Gasteiger charge is 2.13. The van der Waals surface area contributed by atoms with Gasteiger partial charge in [0, 0.05) is 19.2 Å². The molecule has 19 heavy (non-hydrogen) atoms. The van der Waals surface area contributed by atoms with Crippen LogP contribution in [-0.2, 0) is 14.8 Å². The highest BCUT2D eigenvalue weighted by Crippen LogP contribution is 2.07. The van der Waals surface area contributed by atoms with Crippen molar-refractivity contribution in [2.75, 3.05) is 6.54 Å². The third-order valence-electron chi connectivity index (χ3n) is 2.30. The van der Waals surface area contributed by atoms with Gasteiger partial charge >= 0.3 is 0 Å². The Bertz CT molecular complexity index is 575. The van der Waals surface area contributed by atoms with E-state index < -0.39 is 15.9 Å². The first kappa shape index (κ1) is 15.1. The first-order valence-corrected chi connectivity index (χ1v) is 7.08. The summed E-state index contributed by atoms with van der Waals surface area (Å²) in [6.45, 7) is 0.218. The number of carbonyl (C=O) groups is 1. The summed E-state index contributed by atoms with van der Waals surface area (Å²) in [5.74, 6) is -0.404. The van der Waals surface area contributed by atoms with E-state index in [1.807, 2.05) is 0 Å². The van der Waals surface area contributed by atoms with Crippen LogP contribution in [0.5, 0.6) is 0 Å². The molecular formula is C11H14N4O3S. The van der Waals surface area contributed by atoms with Crippen LogP contribution in [0.25, 0.3) is 0 Å². The number of hydrogen-bond donors (Lipinski definition) is 2. The second kappa shape index (κ2) is 6.82. The quantitative estimate of drug-likeness (QED) is 0.674.